The minimum absolute atomic E-state index is 0.182. The highest BCUT2D eigenvalue weighted by atomic mass is 35.5. The van der Waals surface area contributed by atoms with Gasteiger partial charge in [-0.1, -0.05) is 29.4 Å². The van der Waals surface area contributed by atoms with Crippen molar-refractivity contribution in [3.63, 3.8) is 0 Å². The molecule has 3 rings (SSSR count). The molecule has 1 aliphatic rings. The monoisotopic (exact) mass is 349 g/mol. The van der Waals surface area contributed by atoms with Gasteiger partial charge in [-0.25, -0.2) is 0 Å². The van der Waals surface area contributed by atoms with Gasteiger partial charge in [-0.15, -0.1) is 0 Å². The molecule has 2 aromatic rings. The van der Waals surface area contributed by atoms with Gasteiger partial charge in [0.1, 0.15) is 6.54 Å². The number of nitrogens with zero attached hydrogens (tertiary/aromatic N) is 1. The molecule has 2 aromatic carbocycles. The van der Waals surface area contributed by atoms with Crippen molar-refractivity contribution in [2.75, 3.05) is 13.1 Å². The van der Waals surface area contributed by atoms with E-state index in [1.165, 1.54) is 29.5 Å². The lowest BCUT2D eigenvalue weighted by Gasteiger charge is -2.12. The van der Waals surface area contributed by atoms with Crippen LogP contribution in [0.15, 0.2) is 52.3 Å². The van der Waals surface area contributed by atoms with Crippen LogP contribution in [0.2, 0.25) is 5.02 Å². The van der Waals surface area contributed by atoms with E-state index in [2.05, 4.69) is 0 Å². The van der Waals surface area contributed by atoms with Crippen LogP contribution in [0.4, 0.5) is 5.69 Å². The van der Waals surface area contributed by atoms with E-state index in [0.717, 1.165) is 30.1 Å². The summed E-state index contributed by atoms with van der Waals surface area (Å²) in [7, 11) is 0. The molecule has 1 saturated heterocycles. The third-order valence-corrected chi connectivity index (χ3v) is 5.35. The van der Waals surface area contributed by atoms with Gasteiger partial charge in [0.25, 0.3) is 5.69 Å². The van der Waals surface area contributed by atoms with Gasteiger partial charge in [0.2, 0.25) is 0 Å². The van der Waals surface area contributed by atoms with Crippen molar-refractivity contribution in [3.05, 3.63) is 63.2 Å². The van der Waals surface area contributed by atoms with Gasteiger partial charge in [-0.2, -0.15) is 0 Å². The molecular formula is C17H18ClN2O2S+. The Morgan fingerprint density at radius 3 is 2.48 bits per heavy atom. The zero-order valence-corrected chi connectivity index (χ0v) is 14.2. The number of halogens is 1. The van der Waals surface area contributed by atoms with Gasteiger partial charge in [0, 0.05) is 34.4 Å². The Hall–Kier alpha value is -1.56. The maximum Gasteiger partial charge on any atom is 0.283 e. The van der Waals surface area contributed by atoms with Gasteiger partial charge in [0.15, 0.2) is 0 Å². The molecule has 0 radical (unpaired) electrons. The summed E-state index contributed by atoms with van der Waals surface area (Å²) in [5.41, 5.74) is 1.22. The van der Waals surface area contributed by atoms with Crippen LogP contribution in [0.1, 0.15) is 18.4 Å². The van der Waals surface area contributed by atoms with Crippen LogP contribution in [0.5, 0.6) is 0 Å². The Bertz CT molecular complexity index is 700. The molecule has 0 atom stereocenters. The molecule has 0 spiro atoms. The lowest BCUT2D eigenvalue weighted by molar-refractivity contribution is -0.901. The van der Waals surface area contributed by atoms with Crippen molar-refractivity contribution in [1.29, 1.82) is 0 Å². The average molecular weight is 350 g/mol. The van der Waals surface area contributed by atoms with Gasteiger partial charge in [0.05, 0.1) is 22.9 Å². The van der Waals surface area contributed by atoms with E-state index >= 15 is 0 Å². The second kappa shape index (κ2) is 7.34. The Balaban J connectivity index is 1.81. The summed E-state index contributed by atoms with van der Waals surface area (Å²) in [5.74, 6) is 0. The van der Waals surface area contributed by atoms with Gasteiger partial charge in [-0.05, 0) is 30.3 Å². The molecule has 0 saturated carbocycles. The van der Waals surface area contributed by atoms with E-state index in [9.17, 15) is 10.1 Å². The van der Waals surface area contributed by atoms with E-state index in [1.807, 2.05) is 24.3 Å². The average Bonchev–Trinajstić information content (AvgIpc) is 3.04. The van der Waals surface area contributed by atoms with E-state index in [4.69, 9.17) is 11.6 Å². The number of likely N-dealkylation sites (tertiary alicyclic amines) is 1. The van der Waals surface area contributed by atoms with E-state index < -0.39 is 0 Å². The predicted molar refractivity (Wildman–Crippen MR) is 92.3 cm³/mol. The molecule has 4 nitrogen and oxygen atoms in total. The zero-order chi connectivity index (χ0) is 16.2. The van der Waals surface area contributed by atoms with Crippen LogP contribution in [0.3, 0.4) is 0 Å². The number of nitro groups is 1. The molecule has 1 aliphatic heterocycles. The lowest BCUT2D eigenvalue weighted by atomic mass is 10.2. The number of quaternary nitrogens is 1. The molecule has 0 amide bonds. The molecule has 0 bridgehead atoms. The zero-order valence-electron chi connectivity index (χ0n) is 12.6. The van der Waals surface area contributed by atoms with Crippen LogP contribution in [0, 0.1) is 10.1 Å². The summed E-state index contributed by atoms with van der Waals surface area (Å²) >= 11 is 7.27. The quantitative estimate of drug-likeness (QED) is 0.663. The SMILES string of the molecule is O=[N+]([O-])c1cc(C[NH+]2CCCC2)ccc1Sc1ccc(Cl)cc1. The second-order valence-electron chi connectivity index (χ2n) is 5.75. The fourth-order valence-electron chi connectivity index (χ4n) is 2.87. The van der Waals surface area contributed by atoms with Crippen molar-refractivity contribution in [3.8, 4) is 0 Å². The third-order valence-electron chi connectivity index (χ3n) is 4.03. The summed E-state index contributed by atoms with van der Waals surface area (Å²) in [5, 5.41) is 12.1. The molecule has 0 aromatic heterocycles. The largest absolute Gasteiger partial charge is 0.331 e. The van der Waals surface area contributed by atoms with E-state index in [0.29, 0.717) is 9.92 Å². The molecule has 0 aliphatic carbocycles. The molecule has 0 unspecified atom stereocenters. The standard InChI is InChI=1S/C17H17ClN2O2S/c18-14-4-6-15(7-5-14)23-17-8-3-13(11-16(17)20(21)22)12-19-9-1-2-10-19/h3-8,11H,1-2,9-10,12H2/p+1. The van der Waals surface area contributed by atoms with Gasteiger partial charge >= 0.3 is 0 Å². The highest BCUT2D eigenvalue weighted by Gasteiger charge is 2.20. The number of rotatable bonds is 5. The van der Waals surface area contributed by atoms with Crippen molar-refractivity contribution < 1.29 is 9.82 Å². The second-order valence-corrected chi connectivity index (χ2v) is 7.30. The van der Waals surface area contributed by atoms with Gasteiger partial charge in [-0.3, -0.25) is 10.1 Å². The van der Waals surface area contributed by atoms with Crippen molar-refractivity contribution in [2.45, 2.75) is 29.2 Å². The molecule has 1 fully saturated rings. The third kappa shape index (κ3) is 4.25. The Morgan fingerprint density at radius 1 is 1.13 bits per heavy atom. The lowest BCUT2D eigenvalue weighted by Crippen LogP contribution is -3.08. The molecular weight excluding hydrogens is 332 g/mol. The highest BCUT2D eigenvalue weighted by molar-refractivity contribution is 7.99. The maximum atomic E-state index is 11.4. The normalized spacial score (nSPS) is 15.0. The van der Waals surface area contributed by atoms with E-state index in [-0.39, 0.29) is 10.6 Å². The summed E-state index contributed by atoms with van der Waals surface area (Å²) in [6.45, 7) is 3.19. The first kappa shape index (κ1) is 16.3. The first-order chi connectivity index (χ1) is 11.1. The minimum atomic E-state index is -0.291. The summed E-state index contributed by atoms with van der Waals surface area (Å²) in [6, 6.07) is 12.9. The first-order valence-corrected chi connectivity index (χ1v) is 8.85. The molecule has 1 N–H and O–H groups in total. The van der Waals surface area contributed by atoms with Crippen LogP contribution in [-0.2, 0) is 6.54 Å². The van der Waals surface area contributed by atoms with Crippen LogP contribution in [0.25, 0.3) is 0 Å². The predicted octanol–water partition coefficient (Wildman–Crippen LogP) is 3.58. The molecule has 6 heteroatoms. The number of benzene rings is 2. The number of nitro benzene ring substituents is 1. The van der Waals surface area contributed by atoms with Crippen LogP contribution in [-0.4, -0.2) is 18.0 Å². The summed E-state index contributed by atoms with van der Waals surface area (Å²) < 4.78 is 0. The number of hydrogen-bond acceptors (Lipinski definition) is 3. The van der Waals surface area contributed by atoms with Crippen molar-refractivity contribution >= 4 is 29.1 Å². The number of nitrogens with one attached hydrogen (secondary N) is 1. The van der Waals surface area contributed by atoms with E-state index in [1.54, 1.807) is 18.2 Å². The molecule has 23 heavy (non-hydrogen) atoms. The maximum absolute atomic E-state index is 11.4. The molecule has 1 heterocycles. The fourth-order valence-corrected chi connectivity index (χ4v) is 3.90. The highest BCUT2D eigenvalue weighted by Crippen LogP contribution is 2.35. The smallest absolute Gasteiger partial charge is 0.283 e. The number of hydrogen-bond donors (Lipinski definition) is 1. The van der Waals surface area contributed by atoms with Crippen LogP contribution < -0.4 is 4.90 Å². The summed E-state index contributed by atoms with van der Waals surface area (Å²) in [4.78, 5) is 14.2. The van der Waals surface area contributed by atoms with Crippen molar-refractivity contribution in [1.82, 2.24) is 0 Å². The first-order valence-electron chi connectivity index (χ1n) is 7.66. The van der Waals surface area contributed by atoms with Gasteiger partial charge < -0.3 is 4.90 Å². The Kier molecular flexibility index (Phi) is 5.20. The summed E-state index contributed by atoms with van der Waals surface area (Å²) in [6.07, 6.45) is 2.50. The molecule has 120 valence electrons. The Morgan fingerprint density at radius 2 is 1.83 bits per heavy atom. The van der Waals surface area contributed by atoms with Crippen LogP contribution >= 0.6 is 23.4 Å². The Labute approximate surface area is 144 Å². The topological polar surface area (TPSA) is 47.6 Å². The van der Waals surface area contributed by atoms with Crippen molar-refractivity contribution in [2.24, 2.45) is 0 Å². The minimum Gasteiger partial charge on any atom is -0.331 e. The fraction of sp³-hybridized carbons (Fsp3) is 0.294.